The van der Waals surface area contributed by atoms with Gasteiger partial charge in [-0.25, -0.2) is 4.99 Å². The van der Waals surface area contributed by atoms with Gasteiger partial charge in [0.25, 0.3) is 0 Å². The highest BCUT2D eigenvalue weighted by Crippen LogP contribution is 2.11. The molecule has 6 heteroatoms. The van der Waals surface area contributed by atoms with Crippen LogP contribution in [-0.4, -0.2) is 32.8 Å². The number of benzene rings is 1. The largest absolute Gasteiger partial charge is 0.383 e. The molecule has 0 amide bonds. The van der Waals surface area contributed by atoms with Gasteiger partial charge in [0.05, 0.1) is 13.2 Å². The van der Waals surface area contributed by atoms with Crippen molar-refractivity contribution in [2.75, 3.05) is 26.8 Å². The molecule has 0 unspecified atom stereocenters. The molecule has 0 radical (unpaired) electrons. The van der Waals surface area contributed by atoms with Crippen LogP contribution < -0.4 is 10.6 Å². The van der Waals surface area contributed by atoms with Crippen LogP contribution in [0.15, 0.2) is 29.3 Å². The van der Waals surface area contributed by atoms with Gasteiger partial charge in [-0.1, -0.05) is 23.7 Å². The van der Waals surface area contributed by atoms with Crippen LogP contribution in [0.1, 0.15) is 12.5 Å². The highest BCUT2D eigenvalue weighted by molar-refractivity contribution is 14.0. The minimum absolute atomic E-state index is 0. The molecule has 0 aliphatic carbocycles. The first kappa shape index (κ1) is 18.5. The molecule has 0 heterocycles. The fourth-order valence-electron chi connectivity index (χ4n) is 1.42. The van der Waals surface area contributed by atoms with Crippen LogP contribution in [-0.2, 0) is 11.3 Å². The quantitative estimate of drug-likeness (QED) is 0.336. The molecule has 0 atom stereocenters. The van der Waals surface area contributed by atoms with Gasteiger partial charge in [0.15, 0.2) is 5.96 Å². The summed E-state index contributed by atoms with van der Waals surface area (Å²) in [6.07, 6.45) is 0. The highest BCUT2D eigenvalue weighted by atomic mass is 127. The van der Waals surface area contributed by atoms with Crippen molar-refractivity contribution in [1.82, 2.24) is 10.6 Å². The average molecular weight is 398 g/mol. The molecule has 108 valence electrons. The van der Waals surface area contributed by atoms with Crippen molar-refractivity contribution in [2.24, 2.45) is 4.99 Å². The second kappa shape index (κ2) is 11.3. The summed E-state index contributed by atoms with van der Waals surface area (Å²) in [6.45, 7) is 4.85. The molecule has 0 aromatic heterocycles. The molecule has 1 rings (SSSR count). The lowest BCUT2D eigenvalue weighted by Crippen LogP contribution is -2.38. The Morgan fingerprint density at radius 1 is 1.37 bits per heavy atom. The van der Waals surface area contributed by atoms with E-state index in [1.807, 2.05) is 31.2 Å². The fraction of sp³-hybridized carbons (Fsp3) is 0.462. The first-order valence-corrected chi connectivity index (χ1v) is 6.39. The maximum atomic E-state index is 5.93. The van der Waals surface area contributed by atoms with Crippen LogP contribution >= 0.6 is 35.6 Å². The minimum atomic E-state index is 0. The number of hydrogen-bond acceptors (Lipinski definition) is 2. The van der Waals surface area contributed by atoms with E-state index >= 15 is 0 Å². The first-order valence-electron chi connectivity index (χ1n) is 6.01. The zero-order valence-electron chi connectivity index (χ0n) is 11.3. The Hall–Kier alpha value is -0.530. The molecule has 0 aliphatic heterocycles. The Morgan fingerprint density at radius 2 is 2.16 bits per heavy atom. The standard InChI is InChI=1S/C13H20ClN3O.HI/c1-3-15-13(16-7-8-18-2)17-10-11-5-4-6-12(14)9-11;/h4-6,9H,3,7-8,10H2,1-2H3,(H2,15,16,17);1H. The Labute approximate surface area is 137 Å². The molecule has 0 spiro atoms. The van der Waals surface area contributed by atoms with Crippen LogP contribution in [0, 0.1) is 0 Å². The molecule has 0 bridgehead atoms. The summed E-state index contributed by atoms with van der Waals surface area (Å²) in [4.78, 5) is 4.48. The molecular formula is C13H21ClIN3O. The normalized spacial score (nSPS) is 10.8. The van der Waals surface area contributed by atoms with Gasteiger partial charge in [-0.05, 0) is 24.6 Å². The summed E-state index contributed by atoms with van der Waals surface area (Å²) in [5, 5.41) is 7.10. The first-order chi connectivity index (χ1) is 8.76. The average Bonchev–Trinajstić information content (AvgIpc) is 2.36. The van der Waals surface area contributed by atoms with Crippen LogP contribution in [0.3, 0.4) is 0 Å². The molecule has 2 N–H and O–H groups in total. The van der Waals surface area contributed by atoms with Gasteiger partial charge in [0.2, 0.25) is 0 Å². The Morgan fingerprint density at radius 3 is 2.79 bits per heavy atom. The minimum Gasteiger partial charge on any atom is -0.383 e. The van der Waals surface area contributed by atoms with Crippen molar-refractivity contribution in [1.29, 1.82) is 0 Å². The second-order valence-electron chi connectivity index (χ2n) is 3.74. The van der Waals surface area contributed by atoms with E-state index in [2.05, 4.69) is 15.6 Å². The van der Waals surface area contributed by atoms with Crippen molar-refractivity contribution in [3.63, 3.8) is 0 Å². The summed E-state index contributed by atoms with van der Waals surface area (Å²) < 4.78 is 4.99. The Balaban J connectivity index is 0.00000324. The SMILES string of the molecule is CCNC(=NCc1cccc(Cl)c1)NCCOC.I. The third-order valence-electron chi connectivity index (χ3n) is 2.25. The summed E-state index contributed by atoms with van der Waals surface area (Å²) in [7, 11) is 1.68. The topological polar surface area (TPSA) is 45.7 Å². The van der Waals surface area contributed by atoms with Crippen LogP contribution in [0.2, 0.25) is 5.02 Å². The smallest absolute Gasteiger partial charge is 0.191 e. The van der Waals surface area contributed by atoms with Gasteiger partial charge >= 0.3 is 0 Å². The number of hydrogen-bond donors (Lipinski definition) is 2. The number of nitrogens with zero attached hydrogens (tertiary/aromatic N) is 1. The van der Waals surface area contributed by atoms with E-state index in [4.69, 9.17) is 16.3 Å². The number of nitrogens with one attached hydrogen (secondary N) is 2. The van der Waals surface area contributed by atoms with Crippen molar-refractivity contribution in [3.8, 4) is 0 Å². The summed E-state index contributed by atoms with van der Waals surface area (Å²) >= 11 is 5.93. The van der Waals surface area contributed by atoms with Crippen molar-refractivity contribution < 1.29 is 4.74 Å². The molecule has 0 aliphatic rings. The van der Waals surface area contributed by atoms with E-state index < -0.39 is 0 Å². The third-order valence-corrected chi connectivity index (χ3v) is 2.49. The van der Waals surface area contributed by atoms with Crippen LogP contribution in [0.5, 0.6) is 0 Å². The molecular weight excluding hydrogens is 377 g/mol. The summed E-state index contributed by atoms with van der Waals surface area (Å²) in [6, 6.07) is 7.72. The molecule has 0 saturated heterocycles. The fourth-order valence-corrected chi connectivity index (χ4v) is 1.63. The van der Waals surface area contributed by atoms with Gasteiger partial charge in [0.1, 0.15) is 0 Å². The predicted molar refractivity (Wildman–Crippen MR) is 91.6 cm³/mol. The lowest BCUT2D eigenvalue weighted by atomic mass is 10.2. The molecule has 1 aromatic rings. The zero-order chi connectivity index (χ0) is 13.2. The van der Waals surface area contributed by atoms with Gasteiger partial charge in [-0.2, -0.15) is 0 Å². The number of halogens is 2. The van der Waals surface area contributed by atoms with Crippen molar-refractivity contribution >= 4 is 41.5 Å². The van der Waals surface area contributed by atoms with E-state index in [9.17, 15) is 0 Å². The number of aliphatic imine (C=N–C) groups is 1. The molecule has 0 fully saturated rings. The van der Waals surface area contributed by atoms with E-state index in [-0.39, 0.29) is 24.0 Å². The molecule has 0 saturated carbocycles. The van der Waals surface area contributed by atoms with E-state index in [1.165, 1.54) is 0 Å². The molecule has 19 heavy (non-hydrogen) atoms. The number of methoxy groups -OCH3 is 1. The van der Waals surface area contributed by atoms with Crippen LogP contribution in [0.25, 0.3) is 0 Å². The van der Waals surface area contributed by atoms with E-state index in [1.54, 1.807) is 7.11 Å². The van der Waals surface area contributed by atoms with Gasteiger partial charge in [0, 0.05) is 25.2 Å². The van der Waals surface area contributed by atoms with E-state index in [0.29, 0.717) is 13.2 Å². The second-order valence-corrected chi connectivity index (χ2v) is 4.18. The van der Waals surface area contributed by atoms with E-state index in [0.717, 1.165) is 29.6 Å². The summed E-state index contributed by atoms with van der Waals surface area (Å²) in [5.41, 5.74) is 1.09. The highest BCUT2D eigenvalue weighted by Gasteiger charge is 1.97. The maximum absolute atomic E-state index is 5.93. The molecule has 4 nitrogen and oxygen atoms in total. The van der Waals surface area contributed by atoms with Gasteiger partial charge in [-0.15, -0.1) is 24.0 Å². The molecule has 1 aromatic carbocycles. The zero-order valence-corrected chi connectivity index (χ0v) is 14.4. The Kier molecular flexibility index (Phi) is 11.0. The lowest BCUT2D eigenvalue weighted by molar-refractivity contribution is 0.203. The maximum Gasteiger partial charge on any atom is 0.191 e. The number of guanidine groups is 1. The van der Waals surface area contributed by atoms with Crippen molar-refractivity contribution in [3.05, 3.63) is 34.9 Å². The van der Waals surface area contributed by atoms with Crippen LogP contribution in [0.4, 0.5) is 0 Å². The van der Waals surface area contributed by atoms with Gasteiger partial charge in [-0.3, -0.25) is 0 Å². The Bertz CT molecular complexity index is 388. The third kappa shape index (κ3) is 8.28. The summed E-state index contributed by atoms with van der Waals surface area (Å²) in [5.74, 6) is 0.787. The lowest BCUT2D eigenvalue weighted by Gasteiger charge is -2.10. The number of ether oxygens (including phenoxy) is 1. The van der Waals surface area contributed by atoms with Gasteiger partial charge < -0.3 is 15.4 Å². The van der Waals surface area contributed by atoms with Crippen molar-refractivity contribution in [2.45, 2.75) is 13.5 Å². The predicted octanol–water partition coefficient (Wildman–Crippen LogP) is 2.66. The number of rotatable bonds is 6. The monoisotopic (exact) mass is 397 g/mol.